The minimum atomic E-state index is -0.647. The fourth-order valence-electron chi connectivity index (χ4n) is 2.09. The Balaban J connectivity index is 1.94. The lowest BCUT2D eigenvalue weighted by Crippen LogP contribution is -2.63. The highest BCUT2D eigenvalue weighted by molar-refractivity contribution is 4.95. The summed E-state index contributed by atoms with van der Waals surface area (Å²) in [4.78, 5) is 2.25. The maximum atomic E-state index is 13.4. The number of hydrogen-bond donors (Lipinski definition) is 0. The predicted molar refractivity (Wildman–Crippen MR) is 49.5 cm³/mol. The van der Waals surface area contributed by atoms with Crippen molar-refractivity contribution >= 4 is 0 Å². The van der Waals surface area contributed by atoms with Crippen molar-refractivity contribution in [3.05, 3.63) is 0 Å². The van der Waals surface area contributed by atoms with Crippen LogP contribution in [0.25, 0.3) is 0 Å². The summed E-state index contributed by atoms with van der Waals surface area (Å²) in [6, 6.07) is 0. The Bertz CT molecular complexity index is 193. The Labute approximate surface area is 79.1 Å². The molecule has 2 saturated heterocycles. The van der Waals surface area contributed by atoms with E-state index in [9.17, 15) is 4.39 Å². The van der Waals surface area contributed by atoms with E-state index in [1.165, 1.54) is 0 Å². The Morgan fingerprint density at radius 3 is 2.62 bits per heavy atom. The van der Waals surface area contributed by atoms with Crippen LogP contribution in [-0.4, -0.2) is 42.9 Å². The molecule has 3 heteroatoms. The molecule has 0 N–H and O–H groups in total. The normalized spacial score (nSPS) is 39.9. The lowest BCUT2D eigenvalue weighted by Gasteiger charge is -2.50. The second-order valence-corrected chi connectivity index (χ2v) is 4.72. The van der Waals surface area contributed by atoms with Gasteiger partial charge in [0.2, 0.25) is 0 Å². The molecule has 2 nitrogen and oxygen atoms in total. The molecule has 2 atom stereocenters. The zero-order valence-electron chi connectivity index (χ0n) is 8.42. The number of likely N-dealkylation sites (tertiary alicyclic amines) is 1. The first-order chi connectivity index (χ1) is 6.12. The van der Waals surface area contributed by atoms with Gasteiger partial charge in [0.05, 0.1) is 18.8 Å². The lowest BCUT2D eigenvalue weighted by atomic mass is 9.90. The minimum absolute atomic E-state index is 0.129. The molecule has 2 aliphatic heterocycles. The zero-order chi connectivity index (χ0) is 9.47. The van der Waals surface area contributed by atoms with Crippen LogP contribution in [0, 0.1) is 5.92 Å². The van der Waals surface area contributed by atoms with Crippen molar-refractivity contribution in [1.82, 2.24) is 4.90 Å². The summed E-state index contributed by atoms with van der Waals surface area (Å²) >= 11 is 0. The number of alkyl halides is 1. The van der Waals surface area contributed by atoms with E-state index >= 15 is 0 Å². The van der Waals surface area contributed by atoms with E-state index in [2.05, 4.69) is 11.8 Å². The molecule has 0 spiro atoms. The quantitative estimate of drug-likeness (QED) is 0.616. The highest BCUT2D eigenvalue weighted by atomic mass is 19.1. The van der Waals surface area contributed by atoms with Gasteiger partial charge in [0.25, 0.3) is 0 Å². The van der Waals surface area contributed by atoms with Crippen molar-refractivity contribution in [3.8, 4) is 0 Å². The van der Waals surface area contributed by atoms with E-state index in [1.54, 1.807) is 0 Å². The van der Waals surface area contributed by atoms with Gasteiger partial charge in [-0.05, 0) is 25.8 Å². The van der Waals surface area contributed by atoms with Gasteiger partial charge in [-0.2, -0.15) is 0 Å². The SMILES string of the molecule is C[C@H]1CCN(C2(C)COC2)C[C@H]1F. The van der Waals surface area contributed by atoms with E-state index in [0.29, 0.717) is 6.54 Å². The molecular weight excluding hydrogens is 169 g/mol. The molecule has 0 aromatic heterocycles. The van der Waals surface area contributed by atoms with Crippen molar-refractivity contribution < 1.29 is 9.13 Å². The van der Waals surface area contributed by atoms with Crippen LogP contribution in [0.5, 0.6) is 0 Å². The first-order valence-electron chi connectivity index (χ1n) is 5.09. The van der Waals surface area contributed by atoms with Crippen LogP contribution < -0.4 is 0 Å². The number of hydrogen-bond acceptors (Lipinski definition) is 2. The number of piperidine rings is 1. The molecule has 0 radical (unpaired) electrons. The number of ether oxygens (including phenoxy) is 1. The van der Waals surface area contributed by atoms with Gasteiger partial charge in [-0.1, -0.05) is 6.92 Å². The number of halogens is 1. The van der Waals surface area contributed by atoms with Crippen molar-refractivity contribution in [3.63, 3.8) is 0 Å². The molecule has 2 fully saturated rings. The molecule has 76 valence electrons. The lowest BCUT2D eigenvalue weighted by molar-refractivity contribution is -0.145. The van der Waals surface area contributed by atoms with Crippen molar-refractivity contribution in [2.45, 2.75) is 32.0 Å². The molecule has 2 aliphatic rings. The molecule has 13 heavy (non-hydrogen) atoms. The van der Waals surface area contributed by atoms with Gasteiger partial charge in [-0.3, -0.25) is 4.90 Å². The molecule has 2 heterocycles. The molecule has 2 rings (SSSR count). The summed E-state index contributed by atoms with van der Waals surface area (Å²) in [6.45, 7) is 7.34. The van der Waals surface area contributed by atoms with Crippen LogP contribution in [0.4, 0.5) is 4.39 Å². The largest absolute Gasteiger partial charge is 0.377 e. The smallest absolute Gasteiger partial charge is 0.115 e. The third kappa shape index (κ3) is 1.59. The third-order valence-corrected chi connectivity index (χ3v) is 3.46. The van der Waals surface area contributed by atoms with Gasteiger partial charge in [0.1, 0.15) is 6.17 Å². The topological polar surface area (TPSA) is 12.5 Å². The summed E-state index contributed by atoms with van der Waals surface area (Å²) < 4.78 is 18.6. The van der Waals surface area contributed by atoms with Crippen molar-refractivity contribution in [1.29, 1.82) is 0 Å². The average Bonchev–Trinajstić information content (AvgIpc) is 2.06. The van der Waals surface area contributed by atoms with Crippen LogP contribution in [0.1, 0.15) is 20.3 Å². The van der Waals surface area contributed by atoms with Gasteiger partial charge >= 0.3 is 0 Å². The third-order valence-electron chi connectivity index (χ3n) is 3.46. The monoisotopic (exact) mass is 187 g/mol. The molecular formula is C10H18FNO. The summed E-state index contributed by atoms with van der Waals surface area (Å²) in [5.74, 6) is 0.237. The molecule has 0 saturated carbocycles. The molecule has 0 bridgehead atoms. The van der Waals surface area contributed by atoms with Gasteiger partial charge in [-0.15, -0.1) is 0 Å². The first kappa shape index (κ1) is 9.41. The highest BCUT2D eigenvalue weighted by Gasteiger charge is 2.42. The second-order valence-electron chi connectivity index (χ2n) is 4.72. The van der Waals surface area contributed by atoms with Crippen LogP contribution in [0.3, 0.4) is 0 Å². The van der Waals surface area contributed by atoms with Gasteiger partial charge < -0.3 is 4.74 Å². The van der Waals surface area contributed by atoms with E-state index < -0.39 is 6.17 Å². The van der Waals surface area contributed by atoms with Crippen molar-refractivity contribution in [2.75, 3.05) is 26.3 Å². The molecule has 0 amide bonds. The summed E-state index contributed by atoms with van der Waals surface area (Å²) in [6.07, 6.45) is 0.336. The summed E-state index contributed by atoms with van der Waals surface area (Å²) in [5.41, 5.74) is 0.129. The standard InChI is InChI=1S/C10H18FNO/c1-8-3-4-12(5-9(8)11)10(2)6-13-7-10/h8-9H,3-7H2,1-2H3/t8-,9+/m0/s1. The Morgan fingerprint density at radius 1 is 1.46 bits per heavy atom. The Kier molecular flexibility index (Phi) is 2.32. The Morgan fingerprint density at radius 2 is 2.15 bits per heavy atom. The Hall–Kier alpha value is -0.150. The number of rotatable bonds is 1. The van der Waals surface area contributed by atoms with Gasteiger partial charge in [-0.25, -0.2) is 4.39 Å². The van der Waals surface area contributed by atoms with E-state index in [0.717, 1.165) is 26.2 Å². The van der Waals surface area contributed by atoms with Crippen LogP contribution in [0.15, 0.2) is 0 Å². The van der Waals surface area contributed by atoms with Gasteiger partial charge in [0.15, 0.2) is 0 Å². The predicted octanol–water partition coefficient (Wildman–Crippen LogP) is 1.46. The fourth-order valence-corrected chi connectivity index (χ4v) is 2.09. The molecule has 0 aliphatic carbocycles. The molecule has 0 aromatic carbocycles. The molecule has 0 aromatic rings. The summed E-state index contributed by atoms with van der Waals surface area (Å²) in [7, 11) is 0. The van der Waals surface area contributed by atoms with Crippen LogP contribution in [0.2, 0.25) is 0 Å². The van der Waals surface area contributed by atoms with E-state index in [4.69, 9.17) is 4.74 Å². The number of nitrogens with zero attached hydrogens (tertiary/aromatic N) is 1. The first-order valence-corrected chi connectivity index (χ1v) is 5.09. The highest BCUT2D eigenvalue weighted by Crippen LogP contribution is 2.30. The van der Waals surface area contributed by atoms with Crippen molar-refractivity contribution in [2.24, 2.45) is 5.92 Å². The van der Waals surface area contributed by atoms with Gasteiger partial charge in [0, 0.05) is 6.54 Å². The zero-order valence-corrected chi connectivity index (χ0v) is 8.42. The van der Waals surface area contributed by atoms with E-state index in [1.807, 2.05) is 6.92 Å². The maximum Gasteiger partial charge on any atom is 0.115 e. The van der Waals surface area contributed by atoms with Crippen LogP contribution in [-0.2, 0) is 4.74 Å². The fraction of sp³-hybridized carbons (Fsp3) is 1.00. The second kappa shape index (κ2) is 3.21. The summed E-state index contributed by atoms with van der Waals surface area (Å²) in [5, 5.41) is 0. The van der Waals surface area contributed by atoms with E-state index in [-0.39, 0.29) is 11.5 Å². The minimum Gasteiger partial charge on any atom is -0.377 e. The van der Waals surface area contributed by atoms with Crippen LogP contribution >= 0.6 is 0 Å². The maximum absolute atomic E-state index is 13.4. The average molecular weight is 187 g/mol. The molecule has 0 unspecified atom stereocenters.